The average Bonchev–Trinajstić information content (AvgIpc) is 2.43. The van der Waals surface area contributed by atoms with E-state index in [-0.39, 0.29) is 23.5 Å². The standard InChI is InChI=1S/C15H11ClF2O2/c1-20-15-8-9(2-5-13(15)18)14(19)7-10-6-11(17)3-4-12(10)16/h2-6,8H,7H2,1H3. The fourth-order valence-corrected chi connectivity index (χ4v) is 1.97. The minimum Gasteiger partial charge on any atom is -0.494 e. The van der Waals surface area contributed by atoms with Gasteiger partial charge in [0.1, 0.15) is 5.82 Å². The third-order valence-corrected chi connectivity index (χ3v) is 3.20. The summed E-state index contributed by atoms with van der Waals surface area (Å²) >= 11 is 5.91. The highest BCUT2D eigenvalue weighted by Crippen LogP contribution is 2.22. The molecule has 0 aromatic heterocycles. The number of ether oxygens (including phenoxy) is 1. The Bertz CT molecular complexity index is 656. The van der Waals surface area contributed by atoms with E-state index in [0.717, 1.165) is 6.07 Å². The predicted octanol–water partition coefficient (Wildman–Crippen LogP) is 4.05. The van der Waals surface area contributed by atoms with Crippen molar-refractivity contribution in [3.63, 3.8) is 0 Å². The van der Waals surface area contributed by atoms with Crippen LogP contribution in [0.3, 0.4) is 0 Å². The summed E-state index contributed by atoms with van der Waals surface area (Å²) in [6, 6.07) is 7.64. The summed E-state index contributed by atoms with van der Waals surface area (Å²) in [4.78, 5) is 12.1. The Kier molecular flexibility index (Phi) is 4.35. The highest BCUT2D eigenvalue weighted by molar-refractivity contribution is 6.31. The summed E-state index contributed by atoms with van der Waals surface area (Å²) in [5, 5.41) is 0.314. The largest absolute Gasteiger partial charge is 0.494 e. The van der Waals surface area contributed by atoms with Crippen LogP contribution in [-0.4, -0.2) is 12.9 Å². The molecule has 0 amide bonds. The van der Waals surface area contributed by atoms with E-state index in [2.05, 4.69) is 0 Å². The number of benzene rings is 2. The van der Waals surface area contributed by atoms with Crippen molar-refractivity contribution in [3.05, 3.63) is 64.2 Å². The van der Waals surface area contributed by atoms with Gasteiger partial charge in [0.25, 0.3) is 0 Å². The van der Waals surface area contributed by atoms with Crippen LogP contribution in [0.4, 0.5) is 8.78 Å². The summed E-state index contributed by atoms with van der Waals surface area (Å²) in [5.41, 5.74) is 0.670. The highest BCUT2D eigenvalue weighted by Gasteiger charge is 2.13. The second-order valence-corrected chi connectivity index (χ2v) is 4.59. The van der Waals surface area contributed by atoms with E-state index in [0.29, 0.717) is 10.6 Å². The van der Waals surface area contributed by atoms with Gasteiger partial charge < -0.3 is 4.74 Å². The van der Waals surface area contributed by atoms with E-state index >= 15 is 0 Å². The number of rotatable bonds is 4. The molecule has 2 rings (SSSR count). The van der Waals surface area contributed by atoms with Gasteiger partial charge in [0, 0.05) is 17.0 Å². The maximum Gasteiger partial charge on any atom is 0.167 e. The van der Waals surface area contributed by atoms with Crippen LogP contribution in [0, 0.1) is 11.6 Å². The Morgan fingerprint density at radius 2 is 1.95 bits per heavy atom. The van der Waals surface area contributed by atoms with Gasteiger partial charge in [-0.1, -0.05) is 11.6 Å². The second-order valence-electron chi connectivity index (χ2n) is 4.19. The van der Waals surface area contributed by atoms with Gasteiger partial charge in [0.15, 0.2) is 17.3 Å². The summed E-state index contributed by atoms with van der Waals surface area (Å²) in [6.45, 7) is 0. The van der Waals surface area contributed by atoms with Crippen LogP contribution < -0.4 is 4.74 Å². The van der Waals surface area contributed by atoms with Crippen molar-refractivity contribution in [2.24, 2.45) is 0 Å². The number of carbonyl (C=O) groups excluding carboxylic acids is 1. The monoisotopic (exact) mass is 296 g/mol. The van der Waals surface area contributed by atoms with Gasteiger partial charge in [-0.15, -0.1) is 0 Å². The molecule has 2 nitrogen and oxygen atoms in total. The smallest absolute Gasteiger partial charge is 0.167 e. The summed E-state index contributed by atoms with van der Waals surface area (Å²) < 4.78 is 31.2. The molecule has 2 aromatic rings. The lowest BCUT2D eigenvalue weighted by Gasteiger charge is -2.06. The Balaban J connectivity index is 2.26. The number of halogens is 3. The molecule has 0 fully saturated rings. The molecule has 0 bridgehead atoms. The third-order valence-electron chi connectivity index (χ3n) is 2.83. The highest BCUT2D eigenvalue weighted by atomic mass is 35.5. The van der Waals surface area contributed by atoms with Crippen LogP contribution in [0.2, 0.25) is 5.02 Å². The topological polar surface area (TPSA) is 26.3 Å². The number of hydrogen-bond donors (Lipinski definition) is 0. The number of carbonyl (C=O) groups is 1. The lowest BCUT2D eigenvalue weighted by molar-refractivity contribution is 0.0992. The van der Waals surface area contributed by atoms with Gasteiger partial charge in [-0.3, -0.25) is 4.79 Å². The Morgan fingerprint density at radius 3 is 2.65 bits per heavy atom. The van der Waals surface area contributed by atoms with Crippen molar-refractivity contribution in [2.45, 2.75) is 6.42 Å². The zero-order valence-electron chi connectivity index (χ0n) is 10.6. The third kappa shape index (κ3) is 3.14. The fraction of sp³-hybridized carbons (Fsp3) is 0.133. The van der Waals surface area contributed by atoms with Gasteiger partial charge in [-0.05, 0) is 42.0 Å². The normalized spacial score (nSPS) is 10.4. The van der Waals surface area contributed by atoms with Gasteiger partial charge in [-0.2, -0.15) is 0 Å². The number of methoxy groups -OCH3 is 1. The van der Waals surface area contributed by atoms with E-state index < -0.39 is 11.6 Å². The SMILES string of the molecule is COc1cc(C(=O)Cc2cc(F)ccc2Cl)ccc1F. The summed E-state index contributed by atoms with van der Waals surface area (Å²) in [6.07, 6.45) is -0.0641. The second kappa shape index (κ2) is 6.01. The molecule has 5 heteroatoms. The van der Waals surface area contributed by atoms with E-state index in [1.807, 2.05) is 0 Å². The molecular weight excluding hydrogens is 286 g/mol. The van der Waals surface area contributed by atoms with Crippen LogP contribution in [0.15, 0.2) is 36.4 Å². The molecule has 0 aliphatic rings. The molecule has 0 aliphatic carbocycles. The summed E-state index contributed by atoms with van der Waals surface area (Å²) in [5.74, 6) is -1.32. The van der Waals surface area contributed by atoms with Crippen LogP contribution >= 0.6 is 11.6 Å². The van der Waals surface area contributed by atoms with Gasteiger partial charge >= 0.3 is 0 Å². The van der Waals surface area contributed by atoms with E-state index in [4.69, 9.17) is 16.3 Å². The lowest BCUT2D eigenvalue weighted by Crippen LogP contribution is -2.05. The molecule has 104 valence electrons. The first-order valence-electron chi connectivity index (χ1n) is 5.82. The first kappa shape index (κ1) is 14.5. The van der Waals surface area contributed by atoms with Crippen molar-refractivity contribution < 1.29 is 18.3 Å². The molecule has 0 atom stereocenters. The molecule has 2 aromatic carbocycles. The van der Waals surface area contributed by atoms with Gasteiger partial charge in [0.2, 0.25) is 0 Å². The minimum atomic E-state index is -0.548. The van der Waals surface area contributed by atoms with Crippen LogP contribution in [0.1, 0.15) is 15.9 Å². The first-order chi connectivity index (χ1) is 9.51. The first-order valence-corrected chi connectivity index (χ1v) is 6.19. The summed E-state index contributed by atoms with van der Waals surface area (Å²) in [7, 11) is 1.32. The maximum atomic E-state index is 13.3. The van der Waals surface area contributed by atoms with Gasteiger partial charge in [-0.25, -0.2) is 8.78 Å². The van der Waals surface area contributed by atoms with E-state index in [1.165, 1.54) is 37.4 Å². The molecule has 0 N–H and O–H groups in total. The van der Waals surface area contributed by atoms with Crippen molar-refractivity contribution in [1.82, 2.24) is 0 Å². The predicted molar refractivity (Wildman–Crippen MR) is 72.4 cm³/mol. The maximum absolute atomic E-state index is 13.3. The molecule has 0 unspecified atom stereocenters. The zero-order valence-corrected chi connectivity index (χ0v) is 11.4. The minimum absolute atomic E-state index is 0.0128. The van der Waals surface area contributed by atoms with Crippen molar-refractivity contribution in [2.75, 3.05) is 7.11 Å². The van der Waals surface area contributed by atoms with Crippen molar-refractivity contribution >= 4 is 17.4 Å². The Morgan fingerprint density at radius 1 is 1.20 bits per heavy atom. The number of ketones is 1. The van der Waals surface area contributed by atoms with Crippen LogP contribution in [0.25, 0.3) is 0 Å². The molecule has 0 radical (unpaired) electrons. The molecule has 0 saturated heterocycles. The Labute approximate surface area is 119 Å². The molecule has 0 saturated carbocycles. The Hall–Kier alpha value is -1.94. The van der Waals surface area contributed by atoms with Crippen LogP contribution in [0.5, 0.6) is 5.75 Å². The number of hydrogen-bond acceptors (Lipinski definition) is 2. The molecule has 0 spiro atoms. The lowest BCUT2D eigenvalue weighted by atomic mass is 10.0. The molecule has 20 heavy (non-hydrogen) atoms. The van der Waals surface area contributed by atoms with Crippen LogP contribution in [-0.2, 0) is 6.42 Å². The molecule has 0 aliphatic heterocycles. The van der Waals surface area contributed by atoms with E-state index in [9.17, 15) is 13.6 Å². The zero-order chi connectivity index (χ0) is 14.7. The fourth-order valence-electron chi connectivity index (χ4n) is 1.79. The molecular formula is C15H11ClF2O2. The van der Waals surface area contributed by atoms with E-state index in [1.54, 1.807) is 0 Å². The number of Topliss-reactive ketones (excluding diaryl/α,β-unsaturated/α-hetero) is 1. The van der Waals surface area contributed by atoms with Gasteiger partial charge in [0.05, 0.1) is 7.11 Å². The quantitative estimate of drug-likeness (QED) is 0.796. The molecule has 0 heterocycles. The van der Waals surface area contributed by atoms with Crippen molar-refractivity contribution in [3.8, 4) is 5.75 Å². The average molecular weight is 297 g/mol. The van der Waals surface area contributed by atoms with Crippen molar-refractivity contribution in [1.29, 1.82) is 0 Å².